The molecule has 0 saturated heterocycles. The molecule has 30 heavy (non-hydrogen) atoms. The number of amides is 1. The summed E-state index contributed by atoms with van der Waals surface area (Å²) in [6.45, 7) is 1.88. The van der Waals surface area contributed by atoms with Crippen LogP contribution in [0.15, 0.2) is 76.5 Å². The van der Waals surface area contributed by atoms with Crippen molar-refractivity contribution in [2.75, 3.05) is 22.9 Å². The SMILES string of the molecule is CSc1ccc(S(=O)(=O)N(C)c2ccc(C(=O)Nc3ccc(C)c(Cl)c3)cc2)cc1. The number of nitrogens with zero attached hydrogens (tertiary/aromatic N) is 1. The minimum atomic E-state index is -3.70. The summed E-state index contributed by atoms with van der Waals surface area (Å²) in [6.07, 6.45) is 1.93. The lowest BCUT2D eigenvalue weighted by molar-refractivity contribution is 0.102. The Kier molecular flexibility index (Phi) is 6.75. The molecule has 5 nitrogen and oxygen atoms in total. The van der Waals surface area contributed by atoms with E-state index in [1.807, 2.05) is 19.2 Å². The molecule has 0 unspecified atom stereocenters. The second kappa shape index (κ2) is 9.12. The second-order valence-corrected chi connectivity index (χ2v) is 9.87. The van der Waals surface area contributed by atoms with Gasteiger partial charge in [0, 0.05) is 28.2 Å². The highest BCUT2D eigenvalue weighted by atomic mass is 35.5. The van der Waals surface area contributed by atoms with Crippen LogP contribution in [0, 0.1) is 6.92 Å². The van der Waals surface area contributed by atoms with Gasteiger partial charge in [-0.2, -0.15) is 0 Å². The molecular weight excluding hydrogens is 440 g/mol. The molecule has 3 aromatic rings. The number of benzene rings is 3. The number of halogens is 1. The van der Waals surface area contributed by atoms with Crippen LogP contribution in [0.1, 0.15) is 15.9 Å². The fourth-order valence-electron chi connectivity index (χ4n) is 2.74. The number of nitrogens with one attached hydrogen (secondary N) is 1. The molecule has 1 N–H and O–H groups in total. The van der Waals surface area contributed by atoms with E-state index in [4.69, 9.17) is 11.6 Å². The summed E-state index contributed by atoms with van der Waals surface area (Å²) in [5.41, 5.74) is 2.38. The Balaban J connectivity index is 1.76. The van der Waals surface area contributed by atoms with Gasteiger partial charge in [0.15, 0.2) is 0 Å². The smallest absolute Gasteiger partial charge is 0.264 e. The van der Waals surface area contributed by atoms with Crippen LogP contribution in [0.25, 0.3) is 0 Å². The molecule has 1 amide bonds. The average molecular weight is 461 g/mol. The van der Waals surface area contributed by atoms with E-state index >= 15 is 0 Å². The summed E-state index contributed by atoms with van der Waals surface area (Å²) in [7, 11) is -2.21. The van der Waals surface area contributed by atoms with Crippen LogP contribution in [-0.2, 0) is 10.0 Å². The highest BCUT2D eigenvalue weighted by molar-refractivity contribution is 7.98. The van der Waals surface area contributed by atoms with Crippen molar-refractivity contribution in [3.05, 3.63) is 82.9 Å². The largest absolute Gasteiger partial charge is 0.322 e. The molecule has 0 bridgehead atoms. The highest BCUT2D eigenvalue weighted by Gasteiger charge is 2.21. The van der Waals surface area contributed by atoms with Crippen LogP contribution < -0.4 is 9.62 Å². The molecule has 3 rings (SSSR count). The maximum absolute atomic E-state index is 12.9. The molecule has 0 fully saturated rings. The minimum absolute atomic E-state index is 0.209. The zero-order valence-corrected chi connectivity index (χ0v) is 19.1. The average Bonchev–Trinajstić information content (AvgIpc) is 2.76. The van der Waals surface area contributed by atoms with E-state index < -0.39 is 10.0 Å². The van der Waals surface area contributed by atoms with Gasteiger partial charge in [-0.3, -0.25) is 9.10 Å². The van der Waals surface area contributed by atoms with Gasteiger partial charge in [-0.05, 0) is 79.4 Å². The van der Waals surface area contributed by atoms with Crippen molar-refractivity contribution in [3.8, 4) is 0 Å². The highest BCUT2D eigenvalue weighted by Crippen LogP contribution is 2.25. The van der Waals surface area contributed by atoms with Gasteiger partial charge in [0.1, 0.15) is 0 Å². The number of rotatable bonds is 6. The number of carbonyl (C=O) groups excluding carboxylic acids is 1. The number of sulfonamides is 1. The van der Waals surface area contributed by atoms with Crippen LogP contribution >= 0.6 is 23.4 Å². The number of hydrogen-bond acceptors (Lipinski definition) is 4. The standard InChI is InChI=1S/C22H21ClN2O3S2/c1-15-4-7-17(14-21(15)23)24-22(26)16-5-8-18(9-6-16)25(2)30(27,28)20-12-10-19(29-3)11-13-20/h4-14H,1-3H3,(H,24,26). The zero-order chi connectivity index (χ0) is 21.9. The summed E-state index contributed by atoms with van der Waals surface area (Å²) in [5.74, 6) is -0.306. The molecule has 0 saturated carbocycles. The van der Waals surface area contributed by atoms with Gasteiger partial charge in [0.05, 0.1) is 10.6 Å². The van der Waals surface area contributed by atoms with Gasteiger partial charge >= 0.3 is 0 Å². The predicted octanol–water partition coefficient (Wildman–Crippen LogP) is 5.45. The molecule has 0 heterocycles. The lowest BCUT2D eigenvalue weighted by Gasteiger charge is -2.20. The van der Waals surface area contributed by atoms with E-state index in [1.165, 1.54) is 11.4 Å². The maximum atomic E-state index is 12.9. The van der Waals surface area contributed by atoms with Crippen LogP contribution in [0.3, 0.4) is 0 Å². The van der Waals surface area contributed by atoms with Crippen molar-refractivity contribution in [3.63, 3.8) is 0 Å². The lowest BCUT2D eigenvalue weighted by Crippen LogP contribution is -2.26. The first-order valence-corrected chi connectivity index (χ1v) is 12.1. The lowest BCUT2D eigenvalue weighted by atomic mass is 10.1. The van der Waals surface area contributed by atoms with E-state index in [0.717, 1.165) is 10.5 Å². The molecule has 0 aliphatic carbocycles. The molecule has 3 aromatic carbocycles. The van der Waals surface area contributed by atoms with Crippen molar-refractivity contribution >= 4 is 50.7 Å². The van der Waals surface area contributed by atoms with Gasteiger partial charge in [0.25, 0.3) is 15.9 Å². The number of hydrogen-bond donors (Lipinski definition) is 1. The monoisotopic (exact) mass is 460 g/mol. The molecule has 0 aliphatic rings. The summed E-state index contributed by atoms with van der Waals surface area (Å²) in [5, 5.41) is 3.35. The van der Waals surface area contributed by atoms with E-state index in [-0.39, 0.29) is 10.8 Å². The first-order valence-electron chi connectivity index (χ1n) is 9.03. The topological polar surface area (TPSA) is 66.5 Å². The van der Waals surface area contributed by atoms with Crippen molar-refractivity contribution in [2.24, 2.45) is 0 Å². The van der Waals surface area contributed by atoms with Gasteiger partial charge in [0.2, 0.25) is 0 Å². The molecular formula is C22H21ClN2O3S2. The Morgan fingerprint density at radius 3 is 2.20 bits per heavy atom. The van der Waals surface area contributed by atoms with Crippen LogP contribution in [0.2, 0.25) is 5.02 Å². The summed E-state index contributed by atoms with van der Waals surface area (Å²) in [4.78, 5) is 13.7. The van der Waals surface area contributed by atoms with Crippen molar-refractivity contribution in [1.29, 1.82) is 0 Å². The fraction of sp³-hybridized carbons (Fsp3) is 0.136. The summed E-state index contributed by atoms with van der Waals surface area (Å²) < 4.78 is 27.0. The number of anilines is 2. The van der Waals surface area contributed by atoms with Crippen LogP contribution in [-0.4, -0.2) is 27.6 Å². The first kappa shape index (κ1) is 22.2. The molecule has 0 aliphatic heterocycles. The van der Waals surface area contributed by atoms with Gasteiger partial charge in [-0.25, -0.2) is 8.42 Å². The number of carbonyl (C=O) groups is 1. The van der Waals surface area contributed by atoms with Gasteiger partial charge in [-0.15, -0.1) is 11.8 Å². The third kappa shape index (κ3) is 4.80. The molecule has 0 radical (unpaired) electrons. The normalized spacial score (nSPS) is 11.2. The quantitative estimate of drug-likeness (QED) is 0.497. The van der Waals surface area contributed by atoms with E-state index in [9.17, 15) is 13.2 Å². The molecule has 156 valence electrons. The maximum Gasteiger partial charge on any atom is 0.264 e. The Hall–Kier alpha value is -2.48. The number of aryl methyl sites for hydroxylation is 1. The Morgan fingerprint density at radius 2 is 1.63 bits per heavy atom. The van der Waals surface area contributed by atoms with E-state index in [0.29, 0.717) is 22.0 Å². The molecule has 0 atom stereocenters. The van der Waals surface area contributed by atoms with Gasteiger partial charge in [-0.1, -0.05) is 17.7 Å². The summed E-state index contributed by atoms with van der Waals surface area (Å²) in [6, 6.07) is 18.4. The van der Waals surface area contributed by atoms with Crippen LogP contribution in [0.5, 0.6) is 0 Å². The third-order valence-corrected chi connectivity index (χ3v) is 7.59. The van der Waals surface area contributed by atoms with Crippen molar-refractivity contribution in [1.82, 2.24) is 0 Å². The van der Waals surface area contributed by atoms with Crippen LogP contribution in [0.4, 0.5) is 11.4 Å². The minimum Gasteiger partial charge on any atom is -0.322 e. The first-order chi connectivity index (χ1) is 14.2. The molecule has 0 aromatic heterocycles. The molecule has 0 spiro atoms. The Bertz CT molecular complexity index is 1160. The van der Waals surface area contributed by atoms with Crippen molar-refractivity contribution in [2.45, 2.75) is 16.7 Å². The van der Waals surface area contributed by atoms with E-state index in [1.54, 1.807) is 72.4 Å². The second-order valence-electron chi connectivity index (χ2n) is 6.61. The van der Waals surface area contributed by atoms with E-state index in [2.05, 4.69) is 5.32 Å². The number of thioether (sulfide) groups is 1. The Morgan fingerprint density at radius 1 is 1.00 bits per heavy atom. The molecule has 8 heteroatoms. The van der Waals surface area contributed by atoms with Gasteiger partial charge < -0.3 is 5.32 Å². The van der Waals surface area contributed by atoms with Crippen molar-refractivity contribution < 1.29 is 13.2 Å². The Labute approximate surface area is 186 Å². The predicted molar refractivity (Wildman–Crippen MR) is 124 cm³/mol. The summed E-state index contributed by atoms with van der Waals surface area (Å²) >= 11 is 7.64. The zero-order valence-electron chi connectivity index (χ0n) is 16.7. The fourth-order valence-corrected chi connectivity index (χ4v) is 4.53. The third-order valence-electron chi connectivity index (χ3n) is 4.64.